The van der Waals surface area contributed by atoms with Crippen LogP contribution >= 0.6 is 21.6 Å². The molecule has 1 aromatic carbocycles. The second kappa shape index (κ2) is 19.8. The summed E-state index contributed by atoms with van der Waals surface area (Å²) in [4.78, 5) is 18.5. The Morgan fingerprint density at radius 3 is 2.65 bits per heavy atom. The summed E-state index contributed by atoms with van der Waals surface area (Å²) in [5.41, 5.74) is 7.26. The maximum atomic E-state index is 13.1. The van der Waals surface area contributed by atoms with Crippen molar-refractivity contribution in [3.8, 4) is 35.2 Å². The van der Waals surface area contributed by atoms with Crippen molar-refractivity contribution in [2.24, 2.45) is 44.7 Å². The first-order valence-electron chi connectivity index (χ1n) is 26.0. The van der Waals surface area contributed by atoms with E-state index in [2.05, 4.69) is 45.7 Å². The summed E-state index contributed by atoms with van der Waals surface area (Å²) in [7, 11) is 3.83. The Labute approximate surface area is 411 Å². The van der Waals surface area contributed by atoms with Crippen LogP contribution in [-0.2, 0) is 22.6 Å². The van der Waals surface area contributed by atoms with E-state index in [-0.39, 0.29) is 58.0 Å². The molecule has 1 saturated heterocycles. The molecule has 5 spiro atoms. The van der Waals surface area contributed by atoms with Crippen molar-refractivity contribution in [2.75, 3.05) is 25.4 Å². The first-order chi connectivity index (χ1) is 32.8. The van der Waals surface area contributed by atoms with Crippen molar-refractivity contribution in [3.63, 3.8) is 0 Å². The van der Waals surface area contributed by atoms with Gasteiger partial charge in [0.2, 0.25) is 0 Å². The molecule has 12 nitrogen and oxygen atoms in total. The number of rotatable bonds is 2. The number of benzene rings is 1. The minimum absolute atomic E-state index is 0.000338. The van der Waals surface area contributed by atoms with Crippen LogP contribution in [0.5, 0.6) is 11.5 Å². The number of ether oxygens (including phenoxy) is 2. The summed E-state index contributed by atoms with van der Waals surface area (Å²) in [6, 6.07) is 2.84. The minimum atomic E-state index is -1.08. The lowest BCUT2D eigenvalue weighted by molar-refractivity contribution is -0.152. The molecule has 0 aromatic heterocycles. The summed E-state index contributed by atoms with van der Waals surface area (Å²) in [6.07, 6.45) is 19.1. The monoisotopic (exact) mass is 970 g/mol. The highest BCUT2D eigenvalue weighted by atomic mass is 33.1. The largest absolute Gasteiger partial charge is 0.504 e. The van der Waals surface area contributed by atoms with Gasteiger partial charge in [0.15, 0.2) is 17.5 Å². The lowest BCUT2D eigenvalue weighted by Gasteiger charge is -2.58. The highest BCUT2D eigenvalue weighted by Crippen LogP contribution is 2.64. The molecular formula is C54H75N5O7S2. The number of hydrogen-bond donors (Lipinski definition) is 8. The van der Waals surface area contributed by atoms with Crippen molar-refractivity contribution in [1.29, 1.82) is 0 Å². The fourth-order valence-corrected chi connectivity index (χ4v) is 17.8. The number of carbonyl (C=O) groups excluding carboxylic acids is 1. The predicted molar refractivity (Wildman–Crippen MR) is 269 cm³/mol. The van der Waals surface area contributed by atoms with Crippen molar-refractivity contribution in [1.82, 2.24) is 16.0 Å². The standard InChI is InChI=1S/C54H75N5O7S2/c1-35(61)65-45-27-40(62)12-19-53-18-11-37-23-36-9-10-42(30-56-33-52(28-36)29-41(13-22-57-52)66-46-26-38(24-43(37)45)39(31-60)25-44(46)63)68-67-34-54(59-49(55)58-47(53)7-6-8-48(53)64)32-50(14-2-3-15-50)20-21-51(54)16-4-5-17-51/h6-7,25-26,36-37,40-43,45,47-48,56-57,60,62-64H,2-5,8,12-17,19-24,27-34H2,1H3,(H3,55,58,59). The molecule has 5 aliphatic carbocycles. The summed E-state index contributed by atoms with van der Waals surface area (Å²) in [5.74, 6) is 15.4. The number of aliphatic hydroxyl groups is 3. The Bertz CT molecular complexity index is 2230. The maximum Gasteiger partial charge on any atom is 0.302 e. The van der Waals surface area contributed by atoms with Crippen LogP contribution < -0.4 is 26.4 Å². The Morgan fingerprint density at radius 2 is 1.84 bits per heavy atom. The highest BCUT2D eigenvalue weighted by Gasteiger charge is 2.60. The van der Waals surface area contributed by atoms with E-state index in [0.717, 1.165) is 30.7 Å². The number of fused-ring (bicyclic) bond motifs is 5. The van der Waals surface area contributed by atoms with Crippen LogP contribution in [0, 0.1) is 57.7 Å². The zero-order valence-corrected chi connectivity index (χ0v) is 41.7. The third-order valence-corrected chi connectivity index (χ3v) is 21.1. The van der Waals surface area contributed by atoms with Crippen LogP contribution in [0.25, 0.3) is 0 Å². The number of aliphatic hydroxyl groups excluding tert-OH is 3. The van der Waals surface area contributed by atoms with Crippen molar-refractivity contribution < 1.29 is 34.7 Å². The third kappa shape index (κ3) is 9.67. The fraction of sp³-hybridized carbons (Fsp3) is 0.741. The summed E-state index contributed by atoms with van der Waals surface area (Å²) in [5, 5.41) is 58.7. The molecule has 4 fully saturated rings. The lowest BCUT2D eigenvalue weighted by atomic mass is 9.53. The number of carbonyl (C=O) groups is 1. The zero-order chi connectivity index (χ0) is 47.2. The minimum Gasteiger partial charge on any atom is -0.504 e. The molecule has 1 aromatic rings. The molecule has 10 rings (SSSR count). The number of hydrogen-bond acceptors (Lipinski definition) is 14. The van der Waals surface area contributed by atoms with Crippen LogP contribution in [0.3, 0.4) is 0 Å². The number of nitrogens with two attached hydrogens (primary N) is 1. The number of esters is 1. The predicted octanol–water partition coefficient (Wildman–Crippen LogP) is 6.41. The van der Waals surface area contributed by atoms with Crippen LogP contribution in [0.2, 0.25) is 0 Å². The summed E-state index contributed by atoms with van der Waals surface area (Å²) < 4.78 is 13.0. The van der Waals surface area contributed by atoms with Gasteiger partial charge in [-0.2, -0.15) is 0 Å². The zero-order valence-electron chi connectivity index (χ0n) is 40.0. The van der Waals surface area contributed by atoms with Gasteiger partial charge in [0.25, 0.3) is 0 Å². The lowest BCUT2D eigenvalue weighted by Crippen LogP contribution is -2.66. The van der Waals surface area contributed by atoms with E-state index in [9.17, 15) is 25.2 Å². The van der Waals surface area contributed by atoms with Crippen molar-refractivity contribution >= 4 is 33.5 Å². The molecule has 12 unspecified atom stereocenters. The molecular weight excluding hydrogens is 895 g/mol. The molecule has 4 heterocycles. The maximum absolute atomic E-state index is 13.1. The van der Waals surface area contributed by atoms with Crippen molar-refractivity contribution in [3.05, 3.63) is 35.4 Å². The number of phenolic OH excluding ortho intramolecular Hbond substituents is 1. The Hall–Kier alpha value is -3.08. The summed E-state index contributed by atoms with van der Waals surface area (Å²) >= 11 is 0. The van der Waals surface area contributed by atoms with Gasteiger partial charge in [0.1, 0.15) is 12.2 Å². The van der Waals surface area contributed by atoms with Crippen LogP contribution in [0.1, 0.15) is 140 Å². The molecule has 0 amide bonds. The van der Waals surface area contributed by atoms with Crippen LogP contribution in [0.15, 0.2) is 29.3 Å². The van der Waals surface area contributed by atoms with Gasteiger partial charge in [-0.1, -0.05) is 83.1 Å². The molecule has 3 saturated carbocycles. The van der Waals surface area contributed by atoms with Crippen LogP contribution in [-0.4, -0.2) is 105 Å². The SMILES string of the molecule is CC(=O)OC1CC(O)CCC23C#CC4CC5C#CC(CNCC6(C5)CC(CCN6)Oc5cc(c(CO)cc5O)CC41)SSCC1(CC4(CCCC4)CCC14CCCC4)NC(N)=NC2C=CCC3O. The molecule has 68 heavy (non-hydrogen) atoms. The summed E-state index contributed by atoms with van der Waals surface area (Å²) in [6.45, 7) is 3.24. The number of guanidine groups is 1. The van der Waals surface area contributed by atoms with Gasteiger partial charge < -0.3 is 51.6 Å². The van der Waals surface area contributed by atoms with E-state index >= 15 is 0 Å². The second-order valence-corrected chi connectivity index (χ2v) is 25.2. The van der Waals surface area contributed by atoms with Gasteiger partial charge in [-0.15, -0.1) is 0 Å². The molecule has 9 N–H and O–H groups in total. The molecule has 12 atom stereocenters. The fourth-order valence-electron chi connectivity index (χ4n) is 14.9. The number of nitrogens with one attached hydrogen (secondary N) is 3. The van der Waals surface area contributed by atoms with E-state index in [0.29, 0.717) is 75.3 Å². The number of phenols is 1. The Balaban J connectivity index is 1.17. The molecule has 4 aliphatic heterocycles. The van der Waals surface area contributed by atoms with E-state index in [1.165, 1.54) is 71.1 Å². The molecule has 370 valence electrons. The van der Waals surface area contributed by atoms with Gasteiger partial charge in [-0.25, -0.2) is 4.99 Å². The van der Waals surface area contributed by atoms with E-state index < -0.39 is 47.6 Å². The van der Waals surface area contributed by atoms with Crippen LogP contribution in [0.4, 0.5) is 0 Å². The second-order valence-electron chi connectivity index (χ2n) is 22.7. The first-order valence-corrected chi connectivity index (χ1v) is 28.4. The third-order valence-electron chi connectivity index (χ3n) is 18.4. The number of aliphatic imine (C=N–C) groups is 1. The number of aromatic hydroxyl groups is 1. The van der Waals surface area contributed by atoms with E-state index in [1.807, 2.05) is 33.7 Å². The molecule has 14 heteroatoms. The average Bonchev–Trinajstić information content (AvgIpc) is 3.99. The number of piperidine rings is 1. The first kappa shape index (κ1) is 48.5. The van der Waals surface area contributed by atoms with Gasteiger partial charge in [0, 0.05) is 61.9 Å². The smallest absolute Gasteiger partial charge is 0.302 e. The van der Waals surface area contributed by atoms with Gasteiger partial charge in [-0.05, 0) is 131 Å². The van der Waals surface area contributed by atoms with Gasteiger partial charge in [-0.3, -0.25) is 4.79 Å². The molecule has 0 radical (unpaired) electrons. The highest BCUT2D eigenvalue weighted by molar-refractivity contribution is 8.77. The van der Waals surface area contributed by atoms with E-state index in [4.69, 9.17) is 20.2 Å². The average molecular weight is 970 g/mol. The van der Waals surface area contributed by atoms with Crippen molar-refractivity contribution in [2.45, 2.75) is 189 Å². The normalized spacial score (nSPS) is 39.8. The van der Waals surface area contributed by atoms with Gasteiger partial charge in [0.05, 0.1) is 41.1 Å². The van der Waals surface area contributed by atoms with E-state index in [1.54, 1.807) is 6.07 Å². The Morgan fingerprint density at radius 1 is 1.01 bits per heavy atom. The van der Waals surface area contributed by atoms with Gasteiger partial charge >= 0.3 is 5.97 Å². The molecule has 9 aliphatic rings. The number of nitrogens with zero attached hydrogens (tertiary/aromatic N) is 1. The Kier molecular flexibility index (Phi) is 14.2. The molecule has 8 bridgehead atoms. The quantitative estimate of drug-likeness (QED) is 0.0703. The topological polar surface area (TPSA) is 191 Å².